The molecule has 118 valence electrons. The fraction of sp³-hybridized carbons (Fsp3) is 1.00. The summed E-state index contributed by atoms with van der Waals surface area (Å²) in [5.74, 6) is 1.79. The molecule has 2 aliphatic rings. The predicted molar refractivity (Wildman–Crippen MR) is 86.0 cm³/mol. The van der Waals surface area contributed by atoms with Crippen molar-refractivity contribution >= 4 is 0 Å². The Morgan fingerprint density at radius 1 is 0.950 bits per heavy atom. The fourth-order valence-electron chi connectivity index (χ4n) is 3.72. The largest absolute Gasteiger partial charge is 0.370 e. The van der Waals surface area contributed by atoms with Crippen molar-refractivity contribution in [3.63, 3.8) is 0 Å². The molecule has 2 saturated carbocycles. The Labute approximate surface area is 126 Å². The van der Waals surface area contributed by atoms with E-state index in [9.17, 15) is 0 Å². The zero-order valence-electron chi connectivity index (χ0n) is 14.1. The molecule has 0 aromatic carbocycles. The Morgan fingerprint density at radius 3 is 2.05 bits per heavy atom. The standard InChI is InChI=1S/C18H35NO/c1-14(2)19-13-18(11-9-16(4)10-12-18)20-17-7-5-15(3)6-8-17/h14-17,19H,5-13H2,1-4H3. The molecule has 2 heteroatoms. The topological polar surface area (TPSA) is 21.3 Å². The first-order valence-corrected chi connectivity index (χ1v) is 8.90. The first kappa shape index (κ1) is 16.3. The Hall–Kier alpha value is -0.0800. The van der Waals surface area contributed by atoms with Crippen LogP contribution in [0.15, 0.2) is 0 Å². The van der Waals surface area contributed by atoms with E-state index in [0.717, 1.165) is 18.4 Å². The lowest BCUT2D eigenvalue weighted by atomic mass is 9.78. The van der Waals surface area contributed by atoms with Crippen LogP contribution in [-0.2, 0) is 4.74 Å². The van der Waals surface area contributed by atoms with Crippen LogP contribution in [0.2, 0.25) is 0 Å². The summed E-state index contributed by atoms with van der Waals surface area (Å²) < 4.78 is 6.70. The van der Waals surface area contributed by atoms with Gasteiger partial charge in [0.05, 0.1) is 11.7 Å². The zero-order valence-corrected chi connectivity index (χ0v) is 14.1. The van der Waals surface area contributed by atoms with Gasteiger partial charge in [0.1, 0.15) is 0 Å². The highest BCUT2D eigenvalue weighted by Gasteiger charge is 2.37. The minimum Gasteiger partial charge on any atom is -0.370 e. The lowest BCUT2D eigenvalue weighted by molar-refractivity contribution is -0.129. The highest BCUT2D eigenvalue weighted by Crippen LogP contribution is 2.38. The summed E-state index contributed by atoms with van der Waals surface area (Å²) in [6, 6.07) is 0.557. The van der Waals surface area contributed by atoms with E-state index in [1.54, 1.807) is 0 Å². The number of ether oxygens (including phenoxy) is 1. The van der Waals surface area contributed by atoms with Gasteiger partial charge >= 0.3 is 0 Å². The first-order valence-electron chi connectivity index (χ1n) is 8.90. The minimum atomic E-state index is 0.127. The summed E-state index contributed by atoms with van der Waals surface area (Å²) in [5, 5.41) is 3.64. The quantitative estimate of drug-likeness (QED) is 0.799. The SMILES string of the molecule is CC1CCC(OC2(CNC(C)C)CCC(C)CC2)CC1. The van der Waals surface area contributed by atoms with Gasteiger partial charge in [-0.1, -0.05) is 27.7 Å². The second-order valence-corrected chi connectivity index (χ2v) is 7.90. The summed E-state index contributed by atoms with van der Waals surface area (Å²) in [6.45, 7) is 10.3. The van der Waals surface area contributed by atoms with Crippen molar-refractivity contribution in [2.24, 2.45) is 11.8 Å². The average Bonchev–Trinajstić information content (AvgIpc) is 2.43. The molecule has 0 unspecified atom stereocenters. The third-order valence-corrected chi connectivity index (χ3v) is 5.40. The van der Waals surface area contributed by atoms with E-state index in [4.69, 9.17) is 4.74 Å². The van der Waals surface area contributed by atoms with Gasteiger partial charge in [-0.2, -0.15) is 0 Å². The van der Waals surface area contributed by atoms with E-state index in [0.29, 0.717) is 12.1 Å². The molecule has 20 heavy (non-hydrogen) atoms. The van der Waals surface area contributed by atoms with E-state index in [2.05, 4.69) is 33.0 Å². The van der Waals surface area contributed by atoms with Crippen molar-refractivity contribution < 1.29 is 4.74 Å². The number of nitrogens with one attached hydrogen (secondary N) is 1. The smallest absolute Gasteiger partial charge is 0.0810 e. The van der Waals surface area contributed by atoms with Gasteiger partial charge in [0.15, 0.2) is 0 Å². The summed E-state index contributed by atoms with van der Waals surface area (Å²) in [5.41, 5.74) is 0.127. The van der Waals surface area contributed by atoms with Crippen LogP contribution in [0.25, 0.3) is 0 Å². The highest BCUT2D eigenvalue weighted by molar-refractivity contribution is 4.90. The monoisotopic (exact) mass is 281 g/mol. The molecule has 0 spiro atoms. The molecular formula is C18H35NO. The molecule has 2 aliphatic carbocycles. The molecule has 0 bridgehead atoms. The van der Waals surface area contributed by atoms with Gasteiger partial charge < -0.3 is 10.1 Å². The lowest BCUT2D eigenvalue weighted by Crippen LogP contribution is -2.49. The third-order valence-electron chi connectivity index (χ3n) is 5.40. The second-order valence-electron chi connectivity index (χ2n) is 7.90. The zero-order chi connectivity index (χ0) is 14.6. The van der Waals surface area contributed by atoms with Crippen molar-refractivity contribution in [2.75, 3.05) is 6.54 Å². The molecule has 2 fully saturated rings. The Balaban J connectivity index is 1.91. The van der Waals surface area contributed by atoms with Crippen LogP contribution in [0.1, 0.15) is 79.1 Å². The molecule has 0 aliphatic heterocycles. The number of hydrogen-bond donors (Lipinski definition) is 1. The van der Waals surface area contributed by atoms with Crippen molar-refractivity contribution in [3.8, 4) is 0 Å². The van der Waals surface area contributed by atoms with E-state index in [1.165, 1.54) is 51.4 Å². The van der Waals surface area contributed by atoms with Crippen LogP contribution in [-0.4, -0.2) is 24.3 Å². The molecular weight excluding hydrogens is 246 g/mol. The van der Waals surface area contributed by atoms with Crippen molar-refractivity contribution in [1.82, 2.24) is 5.32 Å². The van der Waals surface area contributed by atoms with E-state index in [1.807, 2.05) is 0 Å². The van der Waals surface area contributed by atoms with Gasteiger partial charge in [-0.25, -0.2) is 0 Å². The Kier molecular flexibility index (Phi) is 5.92. The van der Waals surface area contributed by atoms with Crippen molar-refractivity contribution in [1.29, 1.82) is 0 Å². The van der Waals surface area contributed by atoms with Gasteiger partial charge in [-0.15, -0.1) is 0 Å². The Bertz CT molecular complexity index is 273. The highest BCUT2D eigenvalue weighted by atomic mass is 16.5. The minimum absolute atomic E-state index is 0.127. The maximum Gasteiger partial charge on any atom is 0.0810 e. The van der Waals surface area contributed by atoms with Crippen LogP contribution in [0, 0.1) is 11.8 Å². The number of rotatable bonds is 5. The molecule has 0 amide bonds. The van der Waals surface area contributed by atoms with Crippen LogP contribution in [0.4, 0.5) is 0 Å². The maximum absolute atomic E-state index is 6.70. The van der Waals surface area contributed by atoms with Crippen molar-refractivity contribution in [3.05, 3.63) is 0 Å². The van der Waals surface area contributed by atoms with Crippen LogP contribution in [0.3, 0.4) is 0 Å². The normalized spacial score (nSPS) is 39.1. The number of hydrogen-bond acceptors (Lipinski definition) is 2. The summed E-state index contributed by atoms with van der Waals surface area (Å²) in [6.07, 6.45) is 11.0. The van der Waals surface area contributed by atoms with E-state index < -0.39 is 0 Å². The third kappa shape index (κ3) is 4.73. The lowest BCUT2D eigenvalue weighted by Gasteiger charge is -2.43. The van der Waals surface area contributed by atoms with Crippen LogP contribution in [0.5, 0.6) is 0 Å². The molecule has 0 heterocycles. The van der Waals surface area contributed by atoms with Gasteiger partial charge in [-0.3, -0.25) is 0 Å². The van der Waals surface area contributed by atoms with E-state index in [-0.39, 0.29) is 5.60 Å². The van der Waals surface area contributed by atoms with Gasteiger partial charge in [0, 0.05) is 12.6 Å². The predicted octanol–water partition coefficient (Wildman–Crippen LogP) is 4.53. The Morgan fingerprint density at radius 2 is 1.50 bits per heavy atom. The molecule has 1 N–H and O–H groups in total. The van der Waals surface area contributed by atoms with E-state index >= 15 is 0 Å². The summed E-state index contributed by atoms with van der Waals surface area (Å²) >= 11 is 0. The van der Waals surface area contributed by atoms with Crippen LogP contribution >= 0.6 is 0 Å². The average molecular weight is 281 g/mol. The van der Waals surface area contributed by atoms with Gasteiger partial charge in [0.25, 0.3) is 0 Å². The van der Waals surface area contributed by atoms with Gasteiger partial charge in [0.2, 0.25) is 0 Å². The molecule has 0 atom stereocenters. The maximum atomic E-state index is 6.70. The molecule has 2 rings (SSSR count). The molecule has 0 radical (unpaired) electrons. The molecule has 2 nitrogen and oxygen atoms in total. The first-order chi connectivity index (χ1) is 9.49. The summed E-state index contributed by atoms with van der Waals surface area (Å²) in [4.78, 5) is 0. The van der Waals surface area contributed by atoms with Crippen LogP contribution < -0.4 is 5.32 Å². The molecule has 0 aromatic heterocycles. The molecule has 0 saturated heterocycles. The van der Waals surface area contributed by atoms with Crippen molar-refractivity contribution in [2.45, 2.75) is 96.8 Å². The summed E-state index contributed by atoms with van der Waals surface area (Å²) in [7, 11) is 0. The van der Waals surface area contributed by atoms with Gasteiger partial charge in [-0.05, 0) is 63.2 Å². The second kappa shape index (κ2) is 7.26. The fourth-order valence-corrected chi connectivity index (χ4v) is 3.72. The molecule has 0 aromatic rings.